The number of H-pyrrole nitrogens is 1. The zero-order chi connectivity index (χ0) is 14.8. The molecule has 6 nitrogen and oxygen atoms in total. The van der Waals surface area contributed by atoms with E-state index in [9.17, 15) is 8.42 Å². The van der Waals surface area contributed by atoms with Crippen LogP contribution in [0.4, 0.5) is 0 Å². The first-order valence-electron chi connectivity index (χ1n) is 6.75. The molecule has 0 aliphatic carbocycles. The maximum atomic E-state index is 12.5. The number of rotatable bonds is 6. The summed E-state index contributed by atoms with van der Waals surface area (Å²) in [6, 6.07) is 0. The lowest BCUT2D eigenvalue weighted by Crippen LogP contribution is -2.35. The van der Waals surface area contributed by atoms with Crippen molar-refractivity contribution in [1.82, 2.24) is 19.4 Å². The van der Waals surface area contributed by atoms with E-state index in [1.54, 1.807) is 14.0 Å². The van der Waals surface area contributed by atoms with Crippen molar-refractivity contribution in [3.63, 3.8) is 0 Å². The normalized spacial score (nSPS) is 17.2. The molecule has 0 aromatic carbocycles. The van der Waals surface area contributed by atoms with Crippen LogP contribution in [0.15, 0.2) is 5.03 Å². The highest BCUT2D eigenvalue weighted by atomic mass is 35.5. The number of sulfonamides is 1. The largest absolute Gasteiger partial charge is 0.302 e. The molecule has 0 atom stereocenters. The monoisotopic (exact) mass is 320 g/mol. The van der Waals surface area contributed by atoms with Gasteiger partial charge in [-0.05, 0) is 32.9 Å². The Balaban J connectivity index is 2.08. The predicted octanol–water partition coefficient (Wildman–Crippen LogP) is 1.17. The molecule has 2 rings (SSSR count). The average Bonchev–Trinajstić information content (AvgIpc) is 3.04. The number of halogens is 1. The van der Waals surface area contributed by atoms with Crippen LogP contribution in [0.25, 0.3) is 0 Å². The molecule has 20 heavy (non-hydrogen) atoms. The van der Waals surface area contributed by atoms with Crippen molar-refractivity contribution in [1.29, 1.82) is 0 Å². The van der Waals surface area contributed by atoms with Crippen LogP contribution in [0, 0.1) is 6.92 Å². The molecule has 0 spiro atoms. The third-order valence-electron chi connectivity index (χ3n) is 3.75. The van der Waals surface area contributed by atoms with Gasteiger partial charge in [0, 0.05) is 31.4 Å². The molecule has 1 fully saturated rings. The van der Waals surface area contributed by atoms with Gasteiger partial charge in [-0.1, -0.05) is 0 Å². The molecule has 1 aliphatic rings. The van der Waals surface area contributed by atoms with E-state index in [2.05, 4.69) is 15.1 Å². The highest BCUT2D eigenvalue weighted by Crippen LogP contribution is 2.21. The summed E-state index contributed by atoms with van der Waals surface area (Å²) < 4.78 is 26.4. The summed E-state index contributed by atoms with van der Waals surface area (Å²) in [5, 5.41) is 6.65. The van der Waals surface area contributed by atoms with E-state index in [4.69, 9.17) is 11.6 Å². The Hall–Kier alpha value is -0.630. The van der Waals surface area contributed by atoms with E-state index in [-0.39, 0.29) is 10.9 Å². The van der Waals surface area contributed by atoms with E-state index in [0.717, 1.165) is 19.6 Å². The standard InChI is InChI=1S/C12H21ClN4O2S/c1-10-11(9-13)12(15-14-10)20(18,19)16(2)7-8-17-5-3-4-6-17/h3-9H2,1-2H3,(H,14,15). The van der Waals surface area contributed by atoms with Gasteiger partial charge in [0.15, 0.2) is 5.03 Å². The first kappa shape index (κ1) is 15.8. The minimum absolute atomic E-state index is 0.0499. The number of hydrogen-bond acceptors (Lipinski definition) is 4. The molecular formula is C12H21ClN4O2S. The van der Waals surface area contributed by atoms with E-state index in [0.29, 0.717) is 17.8 Å². The Bertz CT molecular complexity index is 552. The van der Waals surface area contributed by atoms with Crippen LogP contribution in [-0.2, 0) is 15.9 Å². The number of likely N-dealkylation sites (tertiary alicyclic amines) is 1. The van der Waals surface area contributed by atoms with Crippen LogP contribution in [0.2, 0.25) is 0 Å². The first-order valence-corrected chi connectivity index (χ1v) is 8.72. The molecule has 8 heteroatoms. The Labute approximate surface area is 125 Å². The Morgan fingerprint density at radius 3 is 2.65 bits per heavy atom. The lowest BCUT2D eigenvalue weighted by atomic mass is 10.3. The maximum Gasteiger partial charge on any atom is 0.262 e. The van der Waals surface area contributed by atoms with Crippen molar-refractivity contribution in [3.8, 4) is 0 Å². The Kier molecular flexibility index (Phi) is 5.06. The summed E-state index contributed by atoms with van der Waals surface area (Å²) in [7, 11) is -1.98. The van der Waals surface area contributed by atoms with Gasteiger partial charge in [0.25, 0.3) is 10.0 Å². The van der Waals surface area contributed by atoms with Gasteiger partial charge in [0.2, 0.25) is 0 Å². The smallest absolute Gasteiger partial charge is 0.262 e. The SMILES string of the molecule is Cc1[nH]nc(S(=O)(=O)N(C)CCN2CCCC2)c1CCl. The second kappa shape index (κ2) is 6.43. The van der Waals surface area contributed by atoms with Gasteiger partial charge in [0.05, 0.1) is 5.88 Å². The quantitative estimate of drug-likeness (QED) is 0.799. The third-order valence-corrected chi connectivity index (χ3v) is 5.85. The third kappa shape index (κ3) is 3.16. The van der Waals surface area contributed by atoms with Crippen LogP contribution < -0.4 is 0 Å². The van der Waals surface area contributed by atoms with Crippen molar-refractivity contribution in [2.75, 3.05) is 33.2 Å². The topological polar surface area (TPSA) is 69.3 Å². The second-order valence-electron chi connectivity index (χ2n) is 5.14. The molecule has 2 heterocycles. The molecule has 0 unspecified atom stereocenters. The summed E-state index contributed by atoms with van der Waals surface area (Å²) in [6.45, 7) is 5.12. The van der Waals surface area contributed by atoms with Gasteiger partial charge in [-0.25, -0.2) is 8.42 Å². The van der Waals surface area contributed by atoms with Gasteiger partial charge < -0.3 is 4.90 Å². The van der Waals surface area contributed by atoms with Crippen LogP contribution in [0.3, 0.4) is 0 Å². The fourth-order valence-electron chi connectivity index (χ4n) is 2.36. The van der Waals surface area contributed by atoms with Gasteiger partial charge >= 0.3 is 0 Å². The van der Waals surface area contributed by atoms with Gasteiger partial charge in [-0.3, -0.25) is 5.10 Å². The molecular weight excluding hydrogens is 300 g/mol. The van der Waals surface area contributed by atoms with Crippen LogP contribution in [0.5, 0.6) is 0 Å². The van der Waals surface area contributed by atoms with Crippen molar-refractivity contribution in [2.24, 2.45) is 0 Å². The lowest BCUT2D eigenvalue weighted by Gasteiger charge is -2.20. The first-order chi connectivity index (χ1) is 9.46. The summed E-state index contributed by atoms with van der Waals surface area (Å²) in [5.74, 6) is 0.136. The van der Waals surface area contributed by atoms with Crippen molar-refractivity contribution in [2.45, 2.75) is 30.7 Å². The summed E-state index contributed by atoms with van der Waals surface area (Å²) >= 11 is 5.82. The van der Waals surface area contributed by atoms with Gasteiger partial charge in [-0.15, -0.1) is 11.6 Å². The van der Waals surface area contributed by atoms with Crippen LogP contribution >= 0.6 is 11.6 Å². The number of alkyl halides is 1. The van der Waals surface area contributed by atoms with Crippen LogP contribution in [0.1, 0.15) is 24.1 Å². The van der Waals surface area contributed by atoms with Crippen molar-refractivity contribution in [3.05, 3.63) is 11.3 Å². The predicted molar refractivity (Wildman–Crippen MR) is 78.4 cm³/mol. The number of hydrogen-bond donors (Lipinski definition) is 1. The number of aromatic nitrogens is 2. The number of nitrogens with zero attached hydrogens (tertiary/aromatic N) is 3. The van der Waals surface area contributed by atoms with E-state index in [1.807, 2.05) is 0 Å². The molecule has 1 saturated heterocycles. The molecule has 1 N–H and O–H groups in total. The van der Waals surface area contributed by atoms with E-state index in [1.165, 1.54) is 17.1 Å². The Morgan fingerprint density at radius 1 is 1.40 bits per heavy atom. The number of likely N-dealkylation sites (N-methyl/N-ethyl adjacent to an activating group) is 1. The second-order valence-corrected chi connectivity index (χ2v) is 7.37. The highest BCUT2D eigenvalue weighted by molar-refractivity contribution is 7.89. The molecule has 114 valence electrons. The molecule has 0 bridgehead atoms. The maximum absolute atomic E-state index is 12.5. The summed E-state index contributed by atoms with van der Waals surface area (Å²) in [5.41, 5.74) is 1.26. The lowest BCUT2D eigenvalue weighted by molar-refractivity contribution is 0.309. The van der Waals surface area contributed by atoms with Gasteiger partial charge in [0.1, 0.15) is 0 Å². The minimum Gasteiger partial charge on any atom is -0.302 e. The number of nitrogens with one attached hydrogen (secondary N) is 1. The number of aryl methyl sites for hydroxylation is 1. The van der Waals surface area contributed by atoms with Crippen molar-refractivity contribution < 1.29 is 8.42 Å². The summed E-state index contributed by atoms with van der Waals surface area (Å²) in [6.07, 6.45) is 2.40. The molecule has 0 saturated carbocycles. The van der Waals surface area contributed by atoms with Gasteiger partial charge in [-0.2, -0.15) is 9.40 Å². The molecule has 1 aromatic heterocycles. The minimum atomic E-state index is -3.57. The zero-order valence-corrected chi connectivity index (χ0v) is 13.5. The molecule has 0 amide bonds. The fourth-order valence-corrected chi connectivity index (χ4v) is 4.08. The summed E-state index contributed by atoms with van der Waals surface area (Å²) in [4.78, 5) is 2.28. The average molecular weight is 321 g/mol. The molecule has 1 aliphatic heterocycles. The van der Waals surface area contributed by atoms with E-state index < -0.39 is 10.0 Å². The zero-order valence-electron chi connectivity index (χ0n) is 11.9. The molecule has 0 radical (unpaired) electrons. The molecule has 1 aromatic rings. The number of aromatic amines is 1. The fraction of sp³-hybridized carbons (Fsp3) is 0.750. The Morgan fingerprint density at radius 2 is 2.05 bits per heavy atom. The van der Waals surface area contributed by atoms with Crippen molar-refractivity contribution >= 4 is 21.6 Å². The van der Waals surface area contributed by atoms with Crippen LogP contribution in [-0.4, -0.2) is 61.0 Å². The highest BCUT2D eigenvalue weighted by Gasteiger charge is 2.28. The van der Waals surface area contributed by atoms with E-state index >= 15 is 0 Å².